The van der Waals surface area contributed by atoms with Gasteiger partial charge in [0.15, 0.2) is 0 Å². The Bertz CT molecular complexity index is 409. The first-order valence-corrected chi connectivity index (χ1v) is 15.4. The van der Waals surface area contributed by atoms with Gasteiger partial charge in [0.2, 0.25) is 0 Å². The van der Waals surface area contributed by atoms with Crippen molar-refractivity contribution >= 4 is 18.4 Å². The summed E-state index contributed by atoms with van der Waals surface area (Å²) < 4.78 is 10.1. The molecule has 2 heteroatoms. The summed E-state index contributed by atoms with van der Waals surface area (Å²) in [7, 11) is 0. The van der Waals surface area contributed by atoms with Crippen molar-refractivity contribution in [2.45, 2.75) is 58.5 Å². The predicted octanol–water partition coefficient (Wildman–Crippen LogP) is 2.44. The van der Waals surface area contributed by atoms with Gasteiger partial charge in [0.05, 0.1) is 0 Å². The first-order valence-electron chi connectivity index (χ1n) is 6.80. The third-order valence-electron chi connectivity index (χ3n) is 5.91. The van der Waals surface area contributed by atoms with Crippen molar-refractivity contribution in [2.75, 3.05) is 0 Å². The predicted molar refractivity (Wildman–Crippen MR) is 74.5 cm³/mol. The molecule has 0 rings (SSSR count). The zero-order chi connectivity index (χ0) is 12.0. The fraction of sp³-hybridized carbons (Fsp3) is 0.692. The quantitative estimate of drug-likeness (QED) is 0.775. The average molecular weight is 264 g/mol. The van der Waals surface area contributed by atoms with E-state index in [4.69, 9.17) is 5.73 Å². The van der Waals surface area contributed by atoms with E-state index in [9.17, 15) is 0 Å². The summed E-state index contributed by atoms with van der Waals surface area (Å²) in [6.07, 6.45) is 3.64. The molecule has 0 aliphatic rings. The molecule has 0 radical (unpaired) electrons. The molecule has 1 nitrogen and oxygen atoms in total. The molecule has 1 unspecified atom stereocenters. The van der Waals surface area contributed by atoms with Gasteiger partial charge >= 0.3 is 94.5 Å². The topological polar surface area (TPSA) is 26.0 Å². The third-order valence-corrected chi connectivity index (χ3v) is 27.7. The SMILES string of the molecule is C[CH]=[Zn](=[CH]C)(=[CH]C)(=[CH]C)[CH](N)CCCC. The molecule has 2 N–H and O–H groups in total. The van der Waals surface area contributed by atoms with E-state index in [1.54, 1.807) is 0 Å². The van der Waals surface area contributed by atoms with Crippen LogP contribution in [0, 0.1) is 0 Å². The van der Waals surface area contributed by atoms with E-state index in [0.29, 0.717) is 4.64 Å². The maximum atomic E-state index is 6.49. The molecule has 0 heterocycles. The molecule has 0 aromatic carbocycles. The van der Waals surface area contributed by atoms with Gasteiger partial charge in [-0.3, -0.25) is 0 Å². The van der Waals surface area contributed by atoms with Gasteiger partial charge < -0.3 is 0 Å². The van der Waals surface area contributed by atoms with E-state index >= 15 is 0 Å². The molecule has 87 valence electrons. The van der Waals surface area contributed by atoms with Gasteiger partial charge in [-0.15, -0.1) is 0 Å². The van der Waals surface area contributed by atoms with Gasteiger partial charge in [0, 0.05) is 0 Å². The molecule has 0 aromatic heterocycles. The Kier molecular flexibility index (Phi) is 5.99. The Hall–Kier alpha value is 0.0634. The Balaban J connectivity index is 5.83. The maximum absolute atomic E-state index is 6.49. The fourth-order valence-electron chi connectivity index (χ4n) is 3.56. The van der Waals surface area contributed by atoms with Crippen LogP contribution in [0.2, 0.25) is 0 Å². The van der Waals surface area contributed by atoms with Crippen LogP contribution >= 0.6 is 0 Å². The number of unbranched alkanes of at least 4 members (excludes halogenated alkanes) is 1. The zero-order valence-electron chi connectivity index (χ0n) is 11.3. The summed E-state index contributed by atoms with van der Waals surface area (Å²) in [5.41, 5.74) is 6.49. The third kappa shape index (κ3) is 2.60. The molecule has 0 saturated carbocycles. The van der Waals surface area contributed by atoms with Crippen LogP contribution in [-0.4, -0.2) is 23.1 Å². The van der Waals surface area contributed by atoms with Crippen molar-refractivity contribution in [1.29, 1.82) is 0 Å². The second-order valence-corrected chi connectivity index (χ2v) is 24.8. The Morgan fingerprint density at radius 1 is 1.00 bits per heavy atom. The number of nitrogens with two attached hydrogens (primary N) is 1. The zero-order valence-corrected chi connectivity index (χ0v) is 14.3. The normalized spacial score (nSPS) is 11.0. The molecule has 15 heavy (non-hydrogen) atoms. The van der Waals surface area contributed by atoms with Crippen LogP contribution in [0.25, 0.3) is 0 Å². The second-order valence-electron chi connectivity index (χ2n) is 5.89. The van der Waals surface area contributed by atoms with Crippen LogP contribution in [0.4, 0.5) is 0 Å². The number of hydrogen-bond donors (Lipinski definition) is 1. The van der Waals surface area contributed by atoms with E-state index in [1.807, 2.05) is 0 Å². The molecule has 0 amide bonds. The van der Waals surface area contributed by atoms with Crippen molar-refractivity contribution in [1.82, 2.24) is 0 Å². The summed E-state index contributed by atoms with van der Waals surface area (Å²) >= 11 is -3.13. The van der Waals surface area contributed by atoms with Gasteiger partial charge in [0.25, 0.3) is 0 Å². The monoisotopic (exact) mass is 262 g/mol. The molecule has 0 aliphatic heterocycles. The van der Waals surface area contributed by atoms with Crippen molar-refractivity contribution in [2.24, 2.45) is 5.73 Å². The molecular weight excluding hydrogens is 236 g/mol. The standard InChI is InChI=1S/C5H12N.4C2H4.Zn/c1-2-3-4-5-6;4*1-2;/h5H,2-4,6H2,1H3;4*1H,2H3;. The van der Waals surface area contributed by atoms with Crippen LogP contribution in [0.5, 0.6) is 0 Å². The Morgan fingerprint density at radius 3 is 1.67 bits per heavy atom. The summed E-state index contributed by atoms with van der Waals surface area (Å²) in [6.45, 7) is 11.0. The molecule has 0 spiro atoms. The van der Waals surface area contributed by atoms with Gasteiger partial charge in [-0.2, -0.15) is 0 Å². The van der Waals surface area contributed by atoms with Crippen molar-refractivity contribution in [3.8, 4) is 0 Å². The molecule has 0 aliphatic carbocycles. The van der Waals surface area contributed by atoms with Crippen LogP contribution in [0.3, 0.4) is 0 Å². The van der Waals surface area contributed by atoms with E-state index in [2.05, 4.69) is 53.1 Å². The van der Waals surface area contributed by atoms with E-state index in [-0.39, 0.29) is 0 Å². The molecule has 0 aromatic rings. The molecule has 0 fully saturated rings. The van der Waals surface area contributed by atoms with E-state index in [0.717, 1.165) is 6.42 Å². The fourth-order valence-corrected chi connectivity index (χ4v) is 17.2. The summed E-state index contributed by atoms with van der Waals surface area (Å²) in [5, 5.41) is 0. The summed E-state index contributed by atoms with van der Waals surface area (Å²) in [4.78, 5) is 0. The molecular formula is C13H28NZn. The average Bonchev–Trinajstić information content (AvgIpc) is 2.31. The second kappa shape index (κ2) is 5.96. The summed E-state index contributed by atoms with van der Waals surface area (Å²) in [6, 6.07) is 0. The number of hydrogen-bond acceptors (Lipinski definition) is 1. The van der Waals surface area contributed by atoms with Crippen LogP contribution in [0.15, 0.2) is 0 Å². The first kappa shape index (κ1) is 15.1. The van der Waals surface area contributed by atoms with E-state index < -0.39 is 11.8 Å². The van der Waals surface area contributed by atoms with Crippen molar-refractivity contribution in [3.05, 3.63) is 0 Å². The first-order chi connectivity index (χ1) is 7.04. The van der Waals surface area contributed by atoms with Gasteiger partial charge in [0.1, 0.15) is 0 Å². The van der Waals surface area contributed by atoms with Crippen LogP contribution < -0.4 is 5.73 Å². The van der Waals surface area contributed by atoms with Crippen molar-refractivity contribution < 1.29 is 11.8 Å². The minimum absolute atomic E-state index is 0.365. The van der Waals surface area contributed by atoms with Crippen molar-refractivity contribution in [3.63, 3.8) is 0 Å². The molecule has 1 atom stereocenters. The number of rotatable bonds is 4. The minimum atomic E-state index is -3.13. The Morgan fingerprint density at radius 2 is 1.40 bits per heavy atom. The van der Waals surface area contributed by atoms with Gasteiger partial charge in [-0.25, -0.2) is 0 Å². The summed E-state index contributed by atoms with van der Waals surface area (Å²) in [5.74, 6) is 0. The Labute approximate surface area is 94.5 Å². The van der Waals surface area contributed by atoms with E-state index in [1.165, 1.54) is 12.8 Å². The van der Waals surface area contributed by atoms with Crippen LogP contribution in [0.1, 0.15) is 53.9 Å². The van der Waals surface area contributed by atoms with Crippen LogP contribution in [-0.2, 0) is 11.8 Å². The molecule has 0 bridgehead atoms. The molecule has 0 saturated heterocycles. The van der Waals surface area contributed by atoms with Gasteiger partial charge in [-0.05, 0) is 0 Å². The van der Waals surface area contributed by atoms with Gasteiger partial charge in [-0.1, -0.05) is 0 Å².